The first-order valence-electron chi connectivity index (χ1n) is 12.9. The summed E-state index contributed by atoms with van der Waals surface area (Å²) in [6.45, 7) is 2.35. The van der Waals surface area contributed by atoms with Gasteiger partial charge in [-0.05, 0) is 66.9 Å². The zero-order valence-electron chi connectivity index (χ0n) is 22.5. The topological polar surface area (TPSA) is 103 Å². The highest BCUT2D eigenvalue weighted by atomic mass is 19.3. The van der Waals surface area contributed by atoms with Gasteiger partial charge in [0.25, 0.3) is 6.43 Å². The van der Waals surface area contributed by atoms with Crippen molar-refractivity contribution in [2.45, 2.75) is 32.4 Å². The molecule has 1 atom stereocenters. The molecular formula is C31H27F4N5O2. The number of alkyl halides is 2. The number of nitrogens with zero attached hydrogens (tertiary/aromatic N) is 3. The number of para-hydroxylation sites is 2. The number of primary amides is 1. The molecule has 2 heterocycles. The number of aromatic nitrogens is 3. The van der Waals surface area contributed by atoms with Crippen molar-refractivity contribution in [3.63, 3.8) is 0 Å². The van der Waals surface area contributed by atoms with Crippen molar-refractivity contribution in [1.29, 1.82) is 0 Å². The van der Waals surface area contributed by atoms with Crippen LogP contribution in [-0.4, -0.2) is 26.9 Å². The van der Waals surface area contributed by atoms with Gasteiger partial charge in [0, 0.05) is 29.9 Å². The third-order valence-electron chi connectivity index (χ3n) is 6.45. The molecule has 2 amide bonds. The number of benzene rings is 3. The molecule has 0 saturated carbocycles. The number of amides is 2. The summed E-state index contributed by atoms with van der Waals surface area (Å²) < 4.78 is 53.8. The second kappa shape index (κ2) is 13.5. The quantitative estimate of drug-likeness (QED) is 0.162. The summed E-state index contributed by atoms with van der Waals surface area (Å²) in [5, 5.41) is 2.65. The summed E-state index contributed by atoms with van der Waals surface area (Å²) in [6, 6.07) is 19.9. The van der Waals surface area contributed by atoms with Crippen LogP contribution in [-0.2, 0) is 17.8 Å². The summed E-state index contributed by atoms with van der Waals surface area (Å²) in [6.07, 6.45) is -0.309. The first-order chi connectivity index (χ1) is 20.2. The van der Waals surface area contributed by atoms with Gasteiger partial charge in [-0.15, -0.1) is 0 Å². The highest BCUT2D eigenvalue weighted by Crippen LogP contribution is 2.29. The Bertz CT molecular complexity index is 1690. The molecule has 42 heavy (non-hydrogen) atoms. The van der Waals surface area contributed by atoms with Gasteiger partial charge in [-0.25, -0.2) is 22.5 Å². The Morgan fingerprint density at radius 2 is 1.74 bits per heavy atom. The number of pyridine rings is 1. The van der Waals surface area contributed by atoms with Crippen molar-refractivity contribution in [2.24, 2.45) is 5.73 Å². The number of halogens is 4. The lowest BCUT2D eigenvalue weighted by molar-refractivity contribution is -0.110. The summed E-state index contributed by atoms with van der Waals surface area (Å²) in [7, 11) is 0. The van der Waals surface area contributed by atoms with Crippen LogP contribution < -0.4 is 11.1 Å². The smallest absolute Gasteiger partial charge is 0.295 e. The second-order valence-electron chi connectivity index (χ2n) is 9.20. The van der Waals surface area contributed by atoms with Crippen LogP contribution in [0.1, 0.15) is 46.8 Å². The van der Waals surface area contributed by atoms with E-state index in [9.17, 15) is 27.2 Å². The molecule has 5 rings (SSSR count). The number of fused-ring (bicyclic) bond motifs is 1. The standard InChI is InChI=1S/C21H17F2N3O2.C10H10F2N2/c22-16-7-13(8-17(23)11-16)9-19(26-12-27)20-18(5-2-6-25-20)14-3-1-4-15(10-14)21(24)28;1-2-14-8-6-4-3-5-7(8)13-10(14)9(11)12/h1-8,10-12,19H,9H2,(H2,24,28)(H,26,27);3-6,9H,2H2,1H3. The minimum absolute atomic E-state index is 0.132. The number of rotatable bonds is 9. The van der Waals surface area contributed by atoms with Gasteiger partial charge >= 0.3 is 0 Å². The van der Waals surface area contributed by atoms with Gasteiger partial charge < -0.3 is 15.6 Å². The normalized spacial score (nSPS) is 11.6. The molecule has 0 aliphatic heterocycles. The predicted molar refractivity (Wildman–Crippen MR) is 151 cm³/mol. The minimum Gasteiger partial charge on any atom is -0.366 e. The summed E-state index contributed by atoms with van der Waals surface area (Å²) in [5.74, 6) is -2.11. The summed E-state index contributed by atoms with van der Waals surface area (Å²) in [4.78, 5) is 30.9. The Kier molecular flexibility index (Phi) is 9.64. The van der Waals surface area contributed by atoms with Crippen molar-refractivity contribution >= 4 is 23.4 Å². The Labute approximate surface area is 239 Å². The van der Waals surface area contributed by atoms with Gasteiger partial charge in [0.05, 0.1) is 22.8 Å². The first kappa shape index (κ1) is 29.9. The molecule has 0 aliphatic rings. The van der Waals surface area contributed by atoms with Crippen molar-refractivity contribution in [3.8, 4) is 11.1 Å². The van der Waals surface area contributed by atoms with E-state index < -0.39 is 30.0 Å². The SMILES string of the molecule is CCn1c(C(F)F)nc2ccccc21.NC(=O)c1cccc(-c2cccnc2C(Cc2cc(F)cc(F)c2)NC=O)c1. The van der Waals surface area contributed by atoms with Gasteiger partial charge in [-0.3, -0.25) is 14.6 Å². The number of hydrogen-bond donors (Lipinski definition) is 2. The molecule has 5 aromatic rings. The van der Waals surface area contributed by atoms with E-state index in [0.717, 1.165) is 11.6 Å². The van der Waals surface area contributed by atoms with Crippen LogP contribution in [0.4, 0.5) is 17.6 Å². The van der Waals surface area contributed by atoms with E-state index in [1.165, 1.54) is 12.1 Å². The predicted octanol–water partition coefficient (Wildman–Crippen LogP) is 6.15. The molecule has 7 nitrogen and oxygen atoms in total. The average molecular weight is 578 g/mol. The van der Waals surface area contributed by atoms with Crippen LogP contribution in [0.2, 0.25) is 0 Å². The third kappa shape index (κ3) is 6.98. The maximum absolute atomic E-state index is 13.5. The number of imidazole rings is 1. The zero-order chi connectivity index (χ0) is 30.2. The van der Waals surface area contributed by atoms with Crippen LogP contribution in [0.15, 0.2) is 85.1 Å². The van der Waals surface area contributed by atoms with Gasteiger partial charge in [0.1, 0.15) is 11.6 Å². The Morgan fingerprint density at radius 1 is 1.00 bits per heavy atom. The molecule has 0 bridgehead atoms. The lowest BCUT2D eigenvalue weighted by atomic mass is 9.94. The molecule has 0 saturated heterocycles. The van der Waals surface area contributed by atoms with E-state index in [1.807, 2.05) is 13.0 Å². The summed E-state index contributed by atoms with van der Waals surface area (Å²) in [5.41, 5.74) is 9.31. The zero-order valence-corrected chi connectivity index (χ0v) is 22.5. The van der Waals surface area contributed by atoms with Crippen LogP contribution in [0.3, 0.4) is 0 Å². The van der Waals surface area contributed by atoms with E-state index in [1.54, 1.807) is 65.4 Å². The van der Waals surface area contributed by atoms with Crippen LogP contribution in [0.25, 0.3) is 22.2 Å². The Balaban J connectivity index is 0.000000241. The molecule has 216 valence electrons. The maximum atomic E-state index is 13.5. The summed E-state index contributed by atoms with van der Waals surface area (Å²) >= 11 is 0. The fraction of sp³-hybridized carbons (Fsp3) is 0.161. The van der Waals surface area contributed by atoms with E-state index in [4.69, 9.17) is 5.73 Å². The second-order valence-corrected chi connectivity index (χ2v) is 9.20. The molecular weight excluding hydrogens is 550 g/mol. The molecule has 1 unspecified atom stereocenters. The fourth-order valence-electron chi connectivity index (χ4n) is 4.65. The number of nitrogens with two attached hydrogens (primary N) is 1. The fourth-order valence-corrected chi connectivity index (χ4v) is 4.65. The van der Waals surface area contributed by atoms with E-state index in [-0.39, 0.29) is 12.2 Å². The van der Waals surface area contributed by atoms with Gasteiger partial charge in [-0.2, -0.15) is 0 Å². The number of carbonyl (C=O) groups excluding carboxylic acids is 2. The molecule has 3 aromatic carbocycles. The highest BCUT2D eigenvalue weighted by molar-refractivity contribution is 5.94. The van der Waals surface area contributed by atoms with Crippen LogP contribution in [0, 0.1) is 11.6 Å². The Hall–Kier alpha value is -5.06. The molecule has 0 aliphatic carbocycles. The van der Waals surface area contributed by atoms with Crippen LogP contribution >= 0.6 is 0 Å². The van der Waals surface area contributed by atoms with Gasteiger partial charge in [0.15, 0.2) is 5.82 Å². The number of hydrogen-bond acceptors (Lipinski definition) is 4. The number of nitrogens with one attached hydrogen (secondary N) is 1. The van der Waals surface area contributed by atoms with E-state index in [0.29, 0.717) is 46.4 Å². The minimum atomic E-state index is -2.51. The third-order valence-corrected chi connectivity index (χ3v) is 6.45. The maximum Gasteiger partial charge on any atom is 0.295 e. The van der Waals surface area contributed by atoms with Crippen molar-refractivity contribution in [3.05, 3.63) is 119 Å². The van der Waals surface area contributed by atoms with E-state index >= 15 is 0 Å². The monoisotopic (exact) mass is 577 g/mol. The number of carbonyl (C=O) groups is 2. The van der Waals surface area contributed by atoms with Gasteiger partial charge in [-0.1, -0.05) is 30.3 Å². The average Bonchev–Trinajstić information content (AvgIpc) is 3.36. The molecule has 0 radical (unpaired) electrons. The van der Waals surface area contributed by atoms with Crippen LogP contribution in [0.5, 0.6) is 0 Å². The molecule has 3 N–H and O–H groups in total. The Morgan fingerprint density at radius 3 is 2.40 bits per heavy atom. The largest absolute Gasteiger partial charge is 0.366 e. The highest BCUT2D eigenvalue weighted by Gasteiger charge is 2.20. The first-order valence-corrected chi connectivity index (χ1v) is 12.9. The van der Waals surface area contributed by atoms with Gasteiger partial charge in [0.2, 0.25) is 12.3 Å². The van der Waals surface area contributed by atoms with Crippen molar-refractivity contribution in [1.82, 2.24) is 19.9 Å². The molecule has 0 spiro atoms. The van der Waals surface area contributed by atoms with Crippen molar-refractivity contribution < 1.29 is 27.2 Å². The lowest BCUT2D eigenvalue weighted by Gasteiger charge is -2.19. The lowest BCUT2D eigenvalue weighted by Crippen LogP contribution is -2.23. The number of aryl methyl sites for hydroxylation is 1. The van der Waals surface area contributed by atoms with Crippen molar-refractivity contribution in [2.75, 3.05) is 0 Å². The molecule has 11 heteroatoms. The van der Waals surface area contributed by atoms with E-state index in [2.05, 4.69) is 15.3 Å². The molecule has 2 aromatic heterocycles. The molecule has 0 fully saturated rings.